The summed E-state index contributed by atoms with van der Waals surface area (Å²) in [6.45, 7) is 3.51. The molecular weight excluding hydrogens is 764 g/mol. The first-order chi connectivity index (χ1) is 28.7. The lowest BCUT2D eigenvalue weighted by Gasteiger charge is -2.18. The second-order valence-corrected chi connectivity index (χ2v) is 17.0. The molecule has 10 heteroatoms. The maximum absolute atomic E-state index is 12.5. The summed E-state index contributed by atoms with van der Waals surface area (Å²) < 4.78 is 32.1. The minimum Gasteiger partial charge on any atom is -0.462 e. The molecule has 0 saturated carbocycles. The van der Waals surface area contributed by atoms with Gasteiger partial charge in [0.2, 0.25) is 0 Å². The highest BCUT2D eigenvalue weighted by molar-refractivity contribution is 7.46. The highest BCUT2D eigenvalue weighted by atomic mass is 31.2. The molecule has 2 N–H and O–H groups in total. The molecule has 338 valence electrons. The van der Waals surface area contributed by atoms with Crippen molar-refractivity contribution in [3.8, 4) is 0 Å². The summed E-state index contributed by atoms with van der Waals surface area (Å²) >= 11 is 0. The minimum absolute atomic E-state index is 0.136. The van der Waals surface area contributed by atoms with E-state index in [-0.39, 0.29) is 19.4 Å². The van der Waals surface area contributed by atoms with Crippen molar-refractivity contribution in [2.24, 2.45) is 0 Å². The lowest BCUT2D eigenvalue weighted by atomic mass is 10.0. The van der Waals surface area contributed by atoms with Gasteiger partial charge in [-0.05, 0) is 77.0 Å². The van der Waals surface area contributed by atoms with Crippen molar-refractivity contribution < 1.29 is 42.7 Å². The third-order valence-corrected chi connectivity index (χ3v) is 10.6. The summed E-state index contributed by atoms with van der Waals surface area (Å²) in [5.74, 6) is -0.988. The van der Waals surface area contributed by atoms with Crippen LogP contribution in [0.15, 0.2) is 72.9 Å². The summed E-state index contributed by atoms with van der Waals surface area (Å²) in [5, 5.41) is 0. The molecule has 1 rings (SSSR count). The minimum atomic E-state index is -4.78. The van der Waals surface area contributed by atoms with E-state index in [9.17, 15) is 14.2 Å². The van der Waals surface area contributed by atoms with Gasteiger partial charge in [0.25, 0.3) is 0 Å². The topological polar surface area (TPSA) is 132 Å². The highest BCUT2D eigenvalue weighted by Gasteiger charge is 2.36. The van der Waals surface area contributed by atoms with Crippen LogP contribution in [-0.2, 0) is 32.9 Å². The number of unbranched alkanes of at least 4 members (excludes halogenated alkanes) is 17. The number of hydrogen-bond donors (Lipinski definition) is 2. The first-order valence-electron chi connectivity index (χ1n) is 23.4. The van der Waals surface area contributed by atoms with Crippen LogP contribution in [0.4, 0.5) is 0 Å². The first kappa shape index (κ1) is 54.5. The van der Waals surface area contributed by atoms with Gasteiger partial charge in [-0.1, -0.05) is 177 Å². The number of phosphoric acid groups is 1. The van der Waals surface area contributed by atoms with Crippen LogP contribution >= 0.6 is 7.82 Å². The van der Waals surface area contributed by atoms with Gasteiger partial charge in [0, 0.05) is 12.8 Å². The zero-order valence-electron chi connectivity index (χ0n) is 37.1. The molecule has 1 aliphatic heterocycles. The molecule has 0 aliphatic carbocycles. The molecule has 1 aliphatic rings. The van der Waals surface area contributed by atoms with Crippen LogP contribution in [0.2, 0.25) is 0 Å². The molecule has 59 heavy (non-hydrogen) atoms. The van der Waals surface area contributed by atoms with Gasteiger partial charge in [0.15, 0.2) is 6.10 Å². The molecule has 0 aromatic heterocycles. The lowest BCUT2D eigenvalue weighted by Crippen LogP contribution is -2.29. The third-order valence-electron chi connectivity index (χ3n) is 10.1. The normalized spacial score (nSPS) is 16.5. The number of ether oxygens (including phenoxy) is 3. The average molecular weight is 847 g/mol. The van der Waals surface area contributed by atoms with E-state index in [0.717, 1.165) is 57.8 Å². The van der Waals surface area contributed by atoms with E-state index in [0.29, 0.717) is 25.0 Å². The predicted molar refractivity (Wildman–Crippen MR) is 243 cm³/mol. The largest absolute Gasteiger partial charge is 0.469 e. The quantitative estimate of drug-likeness (QED) is 0.0203. The fraction of sp³-hybridized carbons (Fsp3) is 0.714. The fourth-order valence-electron chi connectivity index (χ4n) is 6.55. The molecule has 9 nitrogen and oxygen atoms in total. The van der Waals surface area contributed by atoms with Gasteiger partial charge in [-0.25, -0.2) is 4.57 Å². The molecule has 0 spiro atoms. The summed E-state index contributed by atoms with van der Waals surface area (Å²) in [6, 6.07) is 0. The maximum atomic E-state index is 12.5. The van der Waals surface area contributed by atoms with E-state index in [2.05, 4.69) is 79.1 Å². The smallest absolute Gasteiger partial charge is 0.462 e. The zero-order valence-corrected chi connectivity index (χ0v) is 38.0. The van der Waals surface area contributed by atoms with Crippen molar-refractivity contribution in [3.05, 3.63) is 72.9 Å². The van der Waals surface area contributed by atoms with E-state index in [1.807, 2.05) is 12.2 Å². The number of allylic oxidation sites excluding steroid dienone is 10. The molecule has 0 aromatic rings. The van der Waals surface area contributed by atoms with Crippen LogP contribution < -0.4 is 0 Å². The zero-order chi connectivity index (χ0) is 42.9. The van der Waals surface area contributed by atoms with Crippen molar-refractivity contribution in [2.75, 3.05) is 13.2 Å². The van der Waals surface area contributed by atoms with E-state index >= 15 is 0 Å². The summed E-state index contributed by atoms with van der Waals surface area (Å²) in [4.78, 5) is 43.0. The van der Waals surface area contributed by atoms with Gasteiger partial charge in [0.05, 0.1) is 18.8 Å². The Balaban J connectivity index is 2.06. The van der Waals surface area contributed by atoms with E-state index in [1.165, 1.54) is 96.3 Å². The molecule has 0 radical (unpaired) electrons. The summed E-state index contributed by atoms with van der Waals surface area (Å²) in [7, 11) is -4.78. The van der Waals surface area contributed by atoms with E-state index < -0.39 is 32.5 Å². The molecule has 2 unspecified atom stereocenters. The van der Waals surface area contributed by atoms with Crippen molar-refractivity contribution in [1.29, 1.82) is 0 Å². The standard InChI is InChI=1S/C49H83O9P/c1-3-5-7-8-9-10-11-12-13-14-15-16-17-18-19-20-25-28-31-34-38-42-49(51)57-45(44-56-59(52,53)54)43-55-48(50)41-37-33-30-27-24-22-21-23-26-29-32-36-40-47-46(58-47)39-35-6-4-2/h6,12-13,22-24,26,30,32-33,35-36,45-47H,3-5,7-11,14-21,25,27-29,31,34,37-44H2,1-2H3,(H2,52,53,54)/b13-12-,24-22-,26-23-,33-30-,35-6-,36-32-/t45-,46?,47?/m1/s1. The van der Waals surface area contributed by atoms with Crippen molar-refractivity contribution >= 4 is 19.8 Å². The molecule has 0 bridgehead atoms. The Bertz CT molecular complexity index is 1250. The number of rotatable bonds is 41. The molecule has 1 heterocycles. The van der Waals surface area contributed by atoms with Crippen LogP contribution in [0.1, 0.15) is 194 Å². The van der Waals surface area contributed by atoms with Gasteiger partial charge in [-0.3, -0.25) is 14.1 Å². The SMILES string of the molecule is CC/C=C\CC1OC1C/C=C\C/C=C\C/C=C\C/C=C\CCC(=O)OC[C@H](COP(=O)(O)O)OC(=O)CCCCCCCCCCCCC/C=C\CCCCCCCC. The van der Waals surface area contributed by atoms with Crippen LogP contribution in [0.25, 0.3) is 0 Å². The molecule has 3 atom stereocenters. The number of hydrogen-bond acceptors (Lipinski definition) is 7. The third kappa shape index (κ3) is 39.3. The Hall–Kier alpha value is -2.55. The molecule has 1 saturated heterocycles. The van der Waals surface area contributed by atoms with Crippen molar-refractivity contribution in [1.82, 2.24) is 0 Å². The molecule has 0 amide bonds. The summed E-state index contributed by atoms with van der Waals surface area (Å²) in [5.41, 5.74) is 0. The van der Waals surface area contributed by atoms with E-state index in [4.69, 9.17) is 24.0 Å². The lowest BCUT2D eigenvalue weighted by molar-refractivity contribution is -0.161. The summed E-state index contributed by atoms with van der Waals surface area (Å²) in [6.07, 6.45) is 55.4. The van der Waals surface area contributed by atoms with Gasteiger partial charge in [-0.2, -0.15) is 0 Å². The Kier molecular flexibility index (Phi) is 36.5. The van der Waals surface area contributed by atoms with E-state index in [1.54, 1.807) is 0 Å². The predicted octanol–water partition coefficient (Wildman–Crippen LogP) is 13.6. The van der Waals surface area contributed by atoms with Crippen molar-refractivity contribution in [2.45, 2.75) is 212 Å². The number of esters is 2. The Morgan fingerprint density at radius 1 is 0.542 bits per heavy atom. The first-order valence-corrected chi connectivity index (χ1v) is 24.9. The Labute approximate surface area is 359 Å². The Morgan fingerprint density at radius 2 is 1.00 bits per heavy atom. The second kappa shape index (κ2) is 39.6. The fourth-order valence-corrected chi connectivity index (χ4v) is 6.91. The average Bonchev–Trinajstić information content (AvgIpc) is 3.97. The van der Waals surface area contributed by atoms with Crippen LogP contribution in [0, 0.1) is 0 Å². The van der Waals surface area contributed by atoms with Gasteiger partial charge in [-0.15, -0.1) is 0 Å². The number of carbonyl (C=O) groups excluding carboxylic acids is 2. The van der Waals surface area contributed by atoms with Crippen LogP contribution in [0.3, 0.4) is 0 Å². The van der Waals surface area contributed by atoms with Crippen molar-refractivity contribution in [3.63, 3.8) is 0 Å². The number of carbonyl (C=O) groups is 2. The van der Waals surface area contributed by atoms with Gasteiger partial charge in [0.1, 0.15) is 6.61 Å². The second-order valence-electron chi connectivity index (χ2n) is 15.7. The number of epoxide rings is 1. The number of phosphoric ester groups is 1. The van der Waals surface area contributed by atoms with Crippen LogP contribution in [0.5, 0.6) is 0 Å². The molecule has 0 aromatic carbocycles. The molecular formula is C49H83O9P. The highest BCUT2D eigenvalue weighted by Crippen LogP contribution is 2.36. The van der Waals surface area contributed by atoms with Gasteiger partial charge < -0.3 is 24.0 Å². The Morgan fingerprint density at radius 3 is 1.53 bits per heavy atom. The monoisotopic (exact) mass is 847 g/mol. The van der Waals surface area contributed by atoms with Crippen LogP contribution in [-0.4, -0.2) is 53.3 Å². The maximum Gasteiger partial charge on any atom is 0.469 e. The van der Waals surface area contributed by atoms with Gasteiger partial charge >= 0.3 is 19.8 Å². The molecule has 1 fully saturated rings.